The van der Waals surface area contributed by atoms with Crippen LogP contribution in [-0.2, 0) is 6.54 Å². The van der Waals surface area contributed by atoms with Crippen molar-refractivity contribution in [3.63, 3.8) is 0 Å². The molecule has 2 aromatic carbocycles. The molecule has 0 spiro atoms. The minimum absolute atomic E-state index is 0.0829. The Morgan fingerprint density at radius 1 is 1.22 bits per heavy atom. The Kier molecular flexibility index (Phi) is 4.34. The SMILES string of the molecule is O=C(NCc1nc(-c2ccc(F)cc2)no1)c1cccc(Cl)c1. The molecule has 0 fully saturated rings. The number of hydrogen-bond donors (Lipinski definition) is 1. The minimum atomic E-state index is -0.341. The van der Waals surface area contributed by atoms with E-state index in [1.807, 2.05) is 0 Å². The summed E-state index contributed by atoms with van der Waals surface area (Å²) >= 11 is 5.84. The Balaban J connectivity index is 1.65. The second kappa shape index (κ2) is 6.58. The van der Waals surface area contributed by atoms with Crippen molar-refractivity contribution < 1.29 is 13.7 Å². The number of nitrogens with zero attached hydrogens (tertiary/aromatic N) is 2. The van der Waals surface area contributed by atoms with Gasteiger partial charge in [0.05, 0.1) is 6.54 Å². The lowest BCUT2D eigenvalue weighted by molar-refractivity contribution is 0.0946. The van der Waals surface area contributed by atoms with Crippen LogP contribution in [0.1, 0.15) is 16.2 Å². The molecule has 1 heterocycles. The van der Waals surface area contributed by atoms with Crippen LogP contribution in [0.4, 0.5) is 4.39 Å². The second-order valence-electron chi connectivity index (χ2n) is 4.71. The van der Waals surface area contributed by atoms with Gasteiger partial charge in [0.1, 0.15) is 5.82 Å². The normalized spacial score (nSPS) is 10.5. The van der Waals surface area contributed by atoms with Crippen molar-refractivity contribution in [1.29, 1.82) is 0 Å². The highest BCUT2D eigenvalue weighted by molar-refractivity contribution is 6.30. The van der Waals surface area contributed by atoms with E-state index in [-0.39, 0.29) is 24.2 Å². The highest BCUT2D eigenvalue weighted by Gasteiger charge is 2.11. The first-order chi connectivity index (χ1) is 11.1. The van der Waals surface area contributed by atoms with E-state index >= 15 is 0 Å². The third kappa shape index (κ3) is 3.73. The molecule has 7 heteroatoms. The Morgan fingerprint density at radius 2 is 2.00 bits per heavy atom. The van der Waals surface area contributed by atoms with Crippen LogP contribution in [0.2, 0.25) is 5.02 Å². The van der Waals surface area contributed by atoms with Gasteiger partial charge in [0, 0.05) is 16.1 Å². The van der Waals surface area contributed by atoms with Gasteiger partial charge in [-0.15, -0.1) is 0 Å². The molecule has 0 aliphatic heterocycles. The number of benzene rings is 2. The molecule has 0 unspecified atom stereocenters. The molecular formula is C16H11ClFN3O2. The Bertz CT molecular complexity index is 833. The summed E-state index contributed by atoms with van der Waals surface area (Å²) in [4.78, 5) is 16.1. The summed E-state index contributed by atoms with van der Waals surface area (Å²) in [6.45, 7) is 0.0829. The fraction of sp³-hybridized carbons (Fsp3) is 0.0625. The number of halogens is 2. The first kappa shape index (κ1) is 15.2. The Hall–Kier alpha value is -2.73. The van der Waals surface area contributed by atoms with Crippen LogP contribution in [-0.4, -0.2) is 16.0 Å². The average Bonchev–Trinajstić information content (AvgIpc) is 3.02. The Labute approximate surface area is 136 Å². The summed E-state index contributed by atoms with van der Waals surface area (Å²) in [7, 11) is 0. The molecule has 3 rings (SSSR count). The maximum Gasteiger partial charge on any atom is 0.251 e. The number of hydrogen-bond acceptors (Lipinski definition) is 4. The quantitative estimate of drug-likeness (QED) is 0.795. The lowest BCUT2D eigenvalue weighted by Crippen LogP contribution is -2.22. The van der Waals surface area contributed by atoms with Gasteiger partial charge in [-0.2, -0.15) is 4.98 Å². The molecule has 0 radical (unpaired) electrons. The van der Waals surface area contributed by atoms with E-state index in [9.17, 15) is 9.18 Å². The first-order valence-electron chi connectivity index (χ1n) is 6.74. The van der Waals surface area contributed by atoms with E-state index in [0.29, 0.717) is 22.0 Å². The largest absolute Gasteiger partial charge is 0.343 e. The number of nitrogens with one attached hydrogen (secondary N) is 1. The summed E-state index contributed by atoms with van der Waals surface area (Å²) in [5.74, 6) is -0.0583. The molecule has 5 nitrogen and oxygen atoms in total. The zero-order valence-electron chi connectivity index (χ0n) is 11.8. The predicted molar refractivity (Wildman–Crippen MR) is 82.3 cm³/mol. The van der Waals surface area contributed by atoms with Gasteiger partial charge in [-0.1, -0.05) is 22.8 Å². The predicted octanol–water partition coefficient (Wildman–Crippen LogP) is 3.46. The van der Waals surface area contributed by atoms with Crippen LogP contribution in [0.25, 0.3) is 11.4 Å². The van der Waals surface area contributed by atoms with Gasteiger partial charge in [-0.05, 0) is 42.5 Å². The molecular weight excluding hydrogens is 321 g/mol. The maximum absolute atomic E-state index is 12.9. The number of carbonyl (C=O) groups is 1. The van der Waals surface area contributed by atoms with Crippen LogP contribution >= 0.6 is 11.6 Å². The molecule has 0 bridgehead atoms. The zero-order chi connectivity index (χ0) is 16.2. The van der Waals surface area contributed by atoms with Crippen LogP contribution in [0.3, 0.4) is 0 Å². The van der Waals surface area contributed by atoms with Gasteiger partial charge in [0.2, 0.25) is 11.7 Å². The molecule has 116 valence electrons. The van der Waals surface area contributed by atoms with E-state index in [1.54, 1.807) is 36.4 Å². The number of rotatable bonds is 4. The fourth-order valence-corrected chi connectivity index (χ4v) is 2.12. The third-order valence-electron chi connectivity index (χ3n) is 3.06. The molecule has 23 heavy (non-hydrogen) atoms. The highest BCUT2D eigenvalue weighted by atomic mass is 35.5. The van der Waals surface area contributed by atoms with Crippen molar-refractivity contribution in [2.75, 3.05) is 0 Å². The van der Waals surface area contributed by atoms with Crippen LogP contribution in [0.15, 0.2) is 53.1 Å². The second-order valence-corrected chi connectivity index (χ2v) is 5.15. The summed E-state index contributed by atoms with van der Waals surface area (Å²) in [5.41, 5.74) is 1.07. The van der Waals surface area contributed by atoms with Gasteiger partial charge < -0.3 is 9.84 Å². The topological polar surface area (TPSA) is 68.0 Å². The molecule has 0 saturated heterocycles. The summed E-state index contributed by atoms with van der Waals surface area (Å²) in [6, 6.07) is 12.3. The number of carbonyl (C=O) groups excluding carboxylic acids is 1. The number of amides is 1. The van der Waals surface area contributed by atoms with E-state index in [4.69, 9.17) is 16.1 Å². The summed E-state index contributed by atoms with van der Waals surface area (Å²) < 4.78 is 17.9. The zero-order valence-corrected chi connectivity index (χ0v) is 12.5. The monoisotopic (exact) mass is 331 g/mol. The van der Waals surface area contributed by atoms with Gasteiger partial charge in [0.15, 0.2) is 0 Å². The van der Waals surface area contributed by atoms with Crippen LogP contribution in [0, 0.1) is 5.82 Å². The molecule has 1 N–H and O–H groups in total. The highest BCUT2D eigenvalue weighted by Crippen LogP contribution is 2.16. The fourth-order valence-electron chi connectivity index (χ4n) is 1.93. The van der Waals surface area contributed by atoms with Crippen molar-refractivity contribution in [2.24, 2.45) is 0 Å². The lowest BCUT2D eigenvalue weighted by atomic mass is 10.2. The molecule has 1 aromatic heterocycles. The molecule has 0 aliphatic carbocycles. The average molecular weight is 332 g/mol. The van der Waals surface area contributed by atoms with Crippen molar-refractivity contribution in [2.45, 2.75) is 6.54 Å². The number of aromatic nitrogens is 2. The van der Waals surface area contributed by atoms with Crippen molar-refractivity contribution in [1.82, 2.24) is 15.5 Å². The minimum Gasteiger partial charge on any atom is -0.343 e. The first-order valence-corrected chi connectivity index (χ1v) is 7.12. The summed E-state index contributed by atoms with van der Waals surface area (Å²) in [5, 5.41) is 6.94. The molecule has 0 aliphatic rings. The summed E-state index contributed by atoms with van der Waals surface area (Å²) in [6.07, 6.45) is 0. The third-order valence-corrected chi connectivity index (χ3v) is 3.29. The Morgan fingerprint density at radius 3 is 2.74 bits per heavy atom. The van der Waals surface area contributed by atoms with Gasteiger partial charge in [0.25, 0.3) is 5.91 Å². The standard InChI is InChI=1S/C16H11ClFN3O2/c17-12-3-1-2-11(8-12)16(22)19-9-14-20-15(21-23-14)10-4-6-13(18)7-5-10/h1-8H,9H2,(H,19,22). The smallest absolute Gasteiger partial charge is 0.251 e. The maximum atomic E-state index is 12.9. The lowest BCUT2D eigenvalue weighted by Gasteiger charge is -2.02. The molecule has 0 saturated carbocycles. The van der Waals surface area contributed by atoms with E-state index in [2.05, 4.69) is 15.5 Å². The molecule has 3 aromatic rings. The van der Waals surface area contributed by atoms with Gasteiger partial charge in [-0.3, -0.25) is 4.79 Å². The van der Waals surface area contributed by atoms with Crippen LogP contribution in [0.5, 0.6) is 0 Å². The van der Waals surface area contributed by atoms with E-state index in [1.165, 1.54) is 12.1 Å². The van der Waals surface area contributed by atoms with Gasteiger partial charge >= 0.3 is 0 Å². The van der Waals surface area contributed by atoms with Crippen molar-refractivity contribution in [3.05, 3.63) is 70.8 Å². The van der Waals surface area contributed by atoms with E-state index in [0.717, 1.165) is 0 Å². The van der Waals surface area contributed by atoms with Gasteiger partial charge in [-0.25, -0.2) is 4.39 Å². The van der Waals surface area contributed by atoms with E-state index < -0.39 is 0 Å². The van der Waals surface area contributed by atoms with Crippen LogP contribution < -0.4 is 5.32 Å². The molecule has 1 amide bonds. The van der Waals surface area contributed by atoms with Crippen molar-refractivity contribution in [3.8, 4) is 11.4 Å². The van der Waals surface area contributed by atoms with Crippen molar-refractivity contribution >= 4 is 17.5 Å². The molecule has 0 atom stereocenters.